The summed E-state index contributed by atoms with van der Waals surface area (Å²) in [6, 6.07) is 1.20. The van der Waals surface area contributed by atoms with Crippen molar-refractivity contribution in [1.29, 1.82) is 0 Å². The van der Waals surface area contributed by atoms with Gasteiger partial charge in [0.1, 0.15) is 18.6 Å². The Morgan fingerprint density at radius 3 is 2.58 bits per heavy atom. The van der Waals surface area contributed by atoms with Crippen LogP contribution in [0.2, 0.25) is 0 Å². The van der Waals surface area contributed by atoms with E-state index in [-0.39, 0.29) is 31.6 Å². The Labute approximate surface area is 228 Å². The fraction of sp³-hybridized carbons (Fsp3) is 0.417. The Morgan fingerprint density at radius 2 is 1.98 bits per heavy atom. The van der Waals surface area contributed by atoms with Crippen LogP contribution in [0, 0.1) is 10.1 Å². The fourth-order valence-electron chi connectivity index (χ4n) is 3.98. The third-order valence-corrected chi connectivity index (χ3v) is 5.66. The maximum Gasteiger partial charge on any atom is 0.330 e. The van der Waals surface area contributed by atoms with Crippen molar-refractivity contribution in [3.63, 3.8) is 0 Å². The van der Waals surface area contributed by atoms with Gasteiger partial charge >= 0.3 is 11.7 Å². The molecule has 0 aromatic heterocycles. The third kappa shape index (κ3) is 8.78. The highest BCUT2D eigenvalue weighted by atomic mass is 16.6. The van der Waals surface area contributed by atoms with Crippen LogP contribution in [0.3, 0.4) is 0 Å². The highest BCUT2D eigenvalue weighted by Gasteiger charge is 2.38. The van der Waals surface area contributed by atoms with E-state index in [1.54, 1.807) is 6.92 Å². The number of ether oxygens (including phenoxy) is 1. The summed E-state index contributed by atoms with van der Waals surface area (Å²) < 4.78 is 4.68. The molecule has 0 bridgehead atoms. The zero-order valence-electron chi connectivity index (χ0n) is 21.8. The molecule has 0 unspecified atom stereocenters. The molecule has 1 saturated heterocycles. The smallest absolute Gasteiger partial charge is 0.330 e. The lowest BCUT2D eigenvalue weighted by Crippen LogP contribution is -2.57. The number of likely N-dealkylation sites (tertiary alicyclic amines) is 1. The molecule has 5 amide bonds. The summed E-state index contributed by atoms with van der Waals surface area (Å²) in [5.41, 5.74) is 7.10. The van der Waals surface area contributed by atoms with E-state index in [0.29, 0.717) is 11.4 Å². The second-order valence-corrected chi connectivity index (χ2v) is 8.68. The van der Waals surface area contributed by atoms with E-state index in [0.717, 1.165) is 24.3 Å². The summed E-state index contributed by atoms with van der Waals surface area (Å²) >= 11 is 0. The number of esters is 1. The highest BCUT2D eigenvalue weighted by Crippen LogP contribution is 2.27. The summed E-state index contributed by atoms with van der Waals surface area (Å²) in [7, 11) is 0. The van der Waals surface area contributed by atoms with Crippen LogP contribution >= 0.6 is 0 Å². The Bertz CT molecular complexity index is 1220. The number of hydrogen-bond acceptors (Lipinski definition) is 10. The van der Waals surface area contributed by atoms with Crippen LogP contribution in [0.15, 0.2) is 30.4 Å². The van der Waals surface area contributed by atoms with Gasteiger partial charge in [0.25, 0.3) is 11.8 Å². The second-order valence-electron chi connectivity index (χ2n) is 8.68. The number of amides is 5. The molecule has 1 aliphatic heterocycles. The minimum absolute atomic E-state index is 0.0633. The van der Waals surface area contributed by atoms with Crippen molar-refractivity contribution in [2.75, 3.05) is 19.7 Å². The normalized spacial score (nSPS) is 15.2. The van der Waals surface area contributed by atoms with E-state index in [2.05, 4.69) is 15.5 Å². The van der Waals surface area contributed by atoms with Crippen molar-refractivity contribution in [2.45, 2.75) is 45.2 Å². The van der Waals surface area contributed by atoms with Crippen LogP contribution in [0.1, 0.15) is 32.3 Å². The molecular weight excluding hydrogens is 532 g/mol. The van der Waals surface area contributed by atoms with Gasteiger partial charge in [-0.25, -0.2) is 9.80 Å². The highest BCUT2D eigenvalue weighted by molar-refractivity contribution is 5.98. The van der Waals surface area contributed by atoms with Crippen LogP contribution < -0.4 is 16.5 Å². The Kier molecular flexibility index (Phi) is 11.1. The van der Waals surface area contributed by atoms with Gasteiger partial charge in [0.2, 0.25) is 17.7 Å². The van der Waals surface area contributed by atoms with Crippen molar-refractivity contribution < 1.29 is 43.5 Å². The number of carbonyl (C=O) groups excluding carboxylic acids is 6. The zero-order chi connectivity index (χ0) is 30.0. The fourth-order valence-corrected chi connectivity index (χ4v) is 3.98. The summed E-state index contributed by atoms with van der Waals surface area (Å²) in [6.07, 6.45) is 1.99. The van der Waals surface area contributed by atoms with Crippen molar-refractivity contribution >= 4 is 41.2 Å². The molecule has 216 valence electrons. The summed E-state index contributed by atoms with van der Waals surface area (Å²) in [5.74, 6) is -5.38. The van der Waals surface area contributed by atoms with E-state index in [1.807, 2.05) is 0 Å². The third-order valence-electron chi connectivity index (χ3n) is 5.66. The van der Waals surface area contributed by atoms with Gasteiger partial charge in [-0.1, -0.05) is 6.07 Å². The zero-order valence-corrected chi connectivity index (χ0v) is 21.8. The number of phenols is 1. The van der Waals surface area contributed by atoms with Crippen LogP contribution in [0.5, 0.6) is 5.75 Å². The lowest BCUT2D eigenvalue weighted by Gasteiger charge is -2.30. The lowest BCUT2D eigenvalue weighted by atomic mass is 10.0. The molecule has 0 aliphatic carbocycles. The van der Waals surface area contributed by atoms with Gasteiger partial charge in [-0.05, 0) is 31.4 Å². The quantitative estimate of drug-likeness (QED) is 0.109. The Hall–Kier alpha value is -5.02. The van der Waals surface area contributed by atoms with Gasteiger partial charge in [0.05, 0.1) is 11.5 Å². The second kappa shape index (κ2) is 14.2. The molecule has 0 spiro atoms. The van der Waals surface area contributed by atoms with Crippen molar-refractivity contribution in [1.82, 2.24) is 20.7 Å². The summed E-state index contributed by atoms with van der Waals surface area (Å²) in [5, 5.41) is 23.9. The van der Waals surface area contributed by atoms with Crippen LogP contribution in [0.25, 0.3) is 0 Å². The van der Waals surface area contributed by atoms with Gasteiger partial charge in [-0.2, -0.15) is 0 Å². The number of nitrogens with one attached hydrogen (secondary N) is 2. The molecular formula is C24H30N6O10. The van der Waals surface area contributed by atoms with Gasteiger partial charge in [-0.15, -0.1) is 0 Å². The predicted molar refractivity (Wildman–Crippen MR) is 136 cm³/mol. The van der Waals surface area contributed by atoms with Crippen molar-refractivity contribution in [2.24, 2.45) is 5.73 Å². The van der Waals surface area contributed by atoms with Gasteiger partial charge < -0.3 is 25.8 Å². The molecule has 5 N–H and O–H groups in total. The van der Waals surface area contributed by atoms with Gasteiger partial charge in [0, 0.05) is 38.1 Å². The van der Waals surface area contributed by atoms with E-state index in [4.69, 9.17) is 5.73 Å². The average Bonchev–Trinajstić information content (AvgIpc) is 3.36. The molecule has 2 atom stereocenters. The van der Waals surface area contributed by atoms with E-state index >= 15 is 0 Å². The molecule has 1 fully saturated rings. The minimum atomic E-state index is -1.22. The number of aromatic hydroxyl groups is 1. The van der Waals surface area contributed by atoms with Crippen LogP contribution in [-0.2, 0) is 39.9 Å². The number of hydrazine groups is 1. The summed E-state index contributed by atoms with van der Waals surface area (Å²) in [6.45, 7) is 2.19. The van der Waals surface area contributed by atoms with Crippen LogP contribution in [-0.4, -0.2) is 87.2 Å². The molecule has 0 radical (unpaired) electrons. The number of nitro benzene ring substituents is 1. The van der Waals surface area contributed by atoms with E-state index in [9.17, 15) is 44.0 Å². The van der Waals surface area contributed by atoms with Gasteiger partial charge in [-0.3, -0.25) is 39.5 Å². The molecule has 16 nitrogen and oxygen atoms in total. The molecule has 16 heteroatoms. The number of nitrogens with zero attached hydrogens (tertiary/aromatic N) is 3. The predicted octanol–water partition coefficient (Wildman–Crippen LogP) is -1.20. The maximum atomic E-state index is 13.5. The molecule has 2 rings (SSSR count). The van der Waals surface area contributed by atoms with Gasteiger partial charge in [0.15, 0.2) is 5.75 Å². The Morgan fingerprint density at radius 1 is 1.27 bits per heavy atom. The number of carbonyl (C=O) groups is 6. The Balaban J connectivity index is 2.23. The SMILES string of the molecule is CCOC(=O)/C=C/C(=O)N(CC(N)=O)NC(=O)[C@@H]1CCCN1C(=O)[C@H](Cc1ccc(O)c([N+](=O)[O-])c1)NC(C)=O. The number of hydrogen-bond donors (Lipinski definition) is 4. The van der Waals surface area contributed by atoms with E-state index in [1.165, 1.54) is 17.9 Å². The molecule has 40 heavy (non-hydrogen) atoms. The molecule has 1 aromatic rings. The molecule has 0 saturated carbocycles. The first kappa shape index (κ1) is 31.2. The number of benzene rings is 1. The number of rotatable bonds is 11. The molecule has 1 aliphatic rings. The molecule has 1 heterocycles. The average molecular weight is 563 g/mol. The number of nitrogens with two attached hydrogens (primary N) is 1. The first-order valence-electron chi connectivity index (χ1n) is 12.1. The maximum absolute atomic E-state index is 13.5. The van der Waals surface area contributed by atoms with Crippen LogP contribution in [0.4, 0.5) is 5.69 Å². The monoisotopic (exact) mass is 562 g/mol. The van der Waals surface area contributed by atoms with E-state index < -0.39 is 70.5 Å². The first-order chi connectivity index (χ1) is 18.8. The minimum Gasteiger partial charge on any atom is -0.502 e. The number of phenolic OH excluding ortho intramolecular Hbond substituents is 1. The first-order valence-corrected chi connectivity index (χ1v) is 12.1. The number of primary amides is 1. The molecule has 1 aromatic carbocycles. The van der Waals surface area contributed by atoms with Crippen molar-refractivity contribution in [3.05, 3.63) is 46.0 Å². The summed E-state index contributed by atoms with van der Waals surface area (Å²) in [4.78, 5) is 85.5. The standard InChI is InChI=1S/C24H30N6O10/c1-3-40-22(35)9-8-21(34)29(13-20(25)33)27-23(36)17-5-4-10-28(17)24(37)16(26-14(2)31)11-15-6-7-19(32)18(12-15)30(38)39/h6-9,12,16-17,32H,3-5,10-11,13H2,1-2H3,(H2,25,33)(H,26,31)(H,27,36)/b9-8+/t16-,17-/m0/s1. The number of nitro groups is 1. The topological polar surface area (TPSA) is 232 Å². The lowest BCUT2D eigenvalue weighted by molar-refractivity contribution is -0.385. The largest absolute Gasteiger partial charge is 0.502 e. The van der Waals surface area contributed by atoms with Crippen molar-refractivity contribution in [3.8, 4) is 5.75 Å².